The number of rotatable bonds is 7. The van der Waals surface area contributed by atoms with E-state index in [2.05, 4.69) is 35.7 Å². The summed E-state index contributed by atoms with van der Waals surface area (Å²) in [6.45, 7) is 1.30. The Morgan fingerprint density at radius 3 is 2.59 bits per heavy atom. The van der Waals surface area contributed by atoms with Gasteiger partial charge in [-0.25, -0.2) is 4.63 Å². The Labute approximate surface area is 153 Å². The third-order valence-electron chi connectivity index (χ3n) is 3.42. The van der Waals surface area contributed by atoms with Gasteiger partial charge in [-0.3, -0.25) is 9.59 Å². The molecule has 11 nitrogen and oxygen atoms in total. The average Bonchev–Trinajstić information content (AvgIpc) is 3.29. The molecule has 2 aromatic heterocycles. The van der Waals surface area contributed by atoms with Gasteiger partial charge in [0.25, 0.3) is 0 Å². The molecular formula is C16H16N6O5. The number of nitrogens with zero attached hydrogens (tertiary/aromatic N) is 4. The van der Waals surface area contributed by atoms with E-state index in [0.717, 1.165) is 0 Å². The first kappa shape index (κ1) is 18.0. The smallest absolute Gasteiger partial charge is 0.227 e. The summed E-state index contributed by atoms with van der Waals surface area (Å²) in [5, 5.41) is 15.8. The summed E-state index contributed by atoms with van der Waals surface area (Å²) < 4.78 is 14.9. The molecule has 0 saturated heterocycles. The summed E-state index contributed by atoms with van der Waals surface area (Å²) in [5.74, 6) is 0.599. The number of hydrogen-bond donors (Lipinski definition) is 2. The standard InChI is InChI=1S/C16H16N6O5/c1-9(23)17-15-16(22-27-21-15)18-12(24)7-8-13-19-14(20-26-13)10-5-3-4-6-11(10)25-2/h3-6H,7-8H2,1-2H3,(H,17,21,23)(H,18,22,24). The molecule has 140 valence electrons. The molecule has 0 bridgehead atoms. The molecule has 0 aliphatic carbocycles. The van der Waals surface area contributed by atoms with Crippen LogP contribution in [0.4, 0.5) is 11.6 Å². The van der Waals surface area contributed by atoms with Crippen LogP contribution >= 0.6 is 0 Å². The number of aromatic nitrogens is 4. The lowest BCUT2D eigenvalue weighted by atomic mass is 10.2. The van der Waals surface area contributed by atoms with Crippen LogP contribution in [-0.2, 0) is 16.0 Å². The van der Waals surface area contributed by atoms with E-state index in [0.29, 0.717) is 23.0 Å². The molecule has 3 rings (SSSR count). The fourth-order valence-corrected chi connectivity index (χ4v) is 2.23. The van der Waals surface area contributed by atoms with Crippen LogP contribution in [0.1, 0.15) is 19.2 Å². The zero-order chi connectivity index (χ0) is 19.2. The molecule has 11 heteroatoms. The van der Waals surface area contributed by atoms with Crippen molar-refractivity contribution in [3.63, 3.8) is 0 Å². The highest BCUT2D eigenvalue weighted by Gasteiger charge is 2.16. The molecule has 2 heterocycles. The minimum atomic E-state index is -0.380. The van der Waals surface area contributed by atoms with Crippen LogP contribution in [0.3, 0.4) is 0 Å². The van der Waals surface area contributed by atoms with E-state index in [9.17, 15) is 9.59 Å². The van der Waals surface area contributed by atoms with Crippen molar-refractivity contribution in [3.8, 4) is 17.1 Å². The van der Waals surface area contributed by atoms with Crippen molar-refractivity contribution in [1.29, 1.82) is 0 Å². The molecule has 0 aliphatic heterocycles. The minimum absolute atomic E-state index is 0.0236. The summed E-state index contributed by atoms with van der Waals surface area (Å²) >= 11 is 0. The van der Waals surface area contributed by atoms with Gasteiger partial charge in [0.2, 0.25) is 35.2 Å². The molecule has 0 aliphatic rings. The van der Waals surface area contributed by atoms with Gasteiger partial charge in [-0.2, -0.15) is 4.98 Å². The second-order valence-corrected chi connectivity index (χ2v) is 5.40. The van der Waals surface area contributed by atoms with Crippen molar-refractivity contribution >= 4 is 23.5 Å². The van der Waals surface area contributed by atoms with Crippen molar-refractivity contribution in [3.05, 3.63) is 30.2 Å². The van der Waals surface area contributed by atoms with E-state index in [4.69, 9.17) is 9.26 Å². The molecule has 0 radical (unpaired) electrons. The third-order valence-corrected chi connectivity index (χ3v) is 3.42. The lowest BCUT2D eigenvalue weighted by Gasteiger charge is -2.03. The first-order valence-corrected chi connectivity index (χ1v) is 7.92. The van der Waals surface area contributed by atoms with Gasteiger partial charge in [0.15, 0.2) is 0 Å². The van der Waals surface area contributed by atoms with Crippen molar-refractivity contribution in [1.82, 2.24) is 20.5 Å². The number of benzene rings is 1. The Kier molecular flexibility index (Phi) is 5.40. The number of carbonyl (C=O) groups is 2. The van der Waals surface area contributed by atoms with Crippen molar-refractivity contribution in [2.75, 3.05) is 17.7 Å². The van der Waals surface area contributed by atoms with E-state index in [1.807, 2.05) is 12.1 Å². The maximum Gasteiger partial charge on any atom is 0.227 e. The van der Waals surface area contributed by atoms with Crippen LogP contribution in [0.15, 0.2) is 33.4 Å². The zero-order valence-corrected chi connectivity index (χ0v) is 14.6. The summed E-state index contributed by atoms with van der Waals surface area (Å²) in [6.07, 6.45) is 0.272. The number of methoxy groups -OCH3 is 1. The summed E-state index contributed by atoms with van der Waals surface area (Å²) in [6, 6.07) is 7.26. The van der Waals surface area contributed by atoms with Crippen LogP contribution in [0, 0.1) is 0 Å². The first-order valence-electron chi connectivity index (χ1n) is 7.92. The van der Waals surface area contributed by atoms with Gasteiger partial charge < -0.3 is 19.9 Å². The first-order chi connectivity index (χ1) is 13.1. The Balaban J connectivity index is 1.59. The number of amides is 2. The van der Waals surface area contributed by atoms with Crippen molar-refractivity contribution in [2.45, 2.75) is 19.8 Å². The molecule has 0 unspecified atom stereocenters. The largest absolute Gasteiger partial charge is 0.496 e. The quantitative estimate of drug-likeness (QED) is 0.632. The van der Waals surface area contributed by atoms with Crippen molar-refractivity contribution in [2.24, 2.45) is 0 Å². The highest BCUT2D eigenvalue weighted by molar-refractivity contribution is 5.96. The monoisotopic (exact) mass is 372 g/mol. The Morgan fingerprint density at radius 1 is 1.11 bits per heavy atom. The fraction of sp³-hybridized carbons (Fsp3) is 0.250. The normalized spacial score (nSPS) is 10.4. The van der Waals surface area contributed by atoms with E-state index in [1.165, 1.54) is 6.92 Å². The van der Waals surface area contributed by atoms with Gasteiger partial charge in [0.05, 0.1) is 12.7 Å². The number of para-hydroxylation sites is 1. The van der Waals surface area contributed by atoms with Gasteiger partial charge in [-0.1, -0.05) is 17.3 Å². The zero-order valence-electron chi connectivity index (χ0n) is 14.6. The molecule has 3 aromatic rings. The van der Waals surface area contributed by atoms with Crippen LogP contribution in [0.25, 0.3) is 11.4 Å². The Morgan fingerprint density at radius 2 is 1.85 bits per heavy atom. The maximum atomic E-state index is 12.1. The summed E-state index contributed by atoms with van der Waals surface area (Å²) in [5.41, 5.74) is 0.688. The van der Waals surface area contributed by atoms with E-state index >= 15 is 0 Å². The highest BCUT2D eigenvalue weighted by Crippen LogP contribution is 2.27. The molecule has 2 amide bonds. The van der Waals surface area contributed by atoms with Gasteiger partial charge >= 0.3 is 0 Å². The van der Waals surface area contributed by atoms with Crippen LogP contribution in [0.2, 0.25) is 0 Å². The molecule has 1 aromatic carbocycles. The molecule has 27 heavy (non-hydrogen) atoms. The predicted molar refractivity (Wildman–Crippen MR) is 91.8 cm³/mol. The lowest BCUT2D eigenvalue weighted by Crippen LogP contribution is -2.15. The number of ether oxygens (including phenoxy) is 1. The van der Waals surface area contributed by atoms with Gasteiger partial charge in [-0.15, -0.1) is 0 Å². The van der Waals surface area contributed by atoms with Gasteiger partial charge in [0.1, 0.15) is 5.75 Å². The Hall–Kier alpha value is -3.76. The van der Waals surface area contributed by atoms with E-state index in [1.54, 1.807) is 19.2 Å². The molecular weight excluding hydrogens is 356 g/mol. The van der Waals surface area contributed by atoms with E-state index < -0.39 is 0 Å². The SMILES string of the molecule is COc1ccccc1-c1noc(CCC(=O)Nc2nonc2NC(C)=O)n1. The fourth-order valence-electron chi connectivity index (χ4n) is 2.23. The topological polar surface area (TPSA) is 145 Å². The molecule has 0 spiro atoms. The van der Waals surface area contributed by atoms with Gasteiger partial charge in [0, 0.05) is 19.8 Å². The predicted octanol–water partition coefficient (Wildman–Crippen LogP) is 1.66. The Bertz CT molecular complexity index is 950. The molecule has 0 atom stereocenters. The summed E-state index contributed by atoms with van der Waals surface area (Å²) in [7, 11) is 1.55. The van der Waals surface area contributed by atoms with E-state index in [-0.39, 0.29) is 36.3 Å². The number of nitrogens with one attached hydrogen (secondary N) is 2. The second-order valence-electron chi connectivity index (χ2n) is 5.40. The maximum absolute atomic E-state index is 12.1. The second kappa shape index (κ2) is 8.08. The van der Waals surface area contributed by atoms with Crippen LogP contribution in [-0.4, -0.2) is 39.4 Å². The van der Waals surface area contributed by atoms with Crippen molar-refractivity contribution < 1.29 is 23.5 Å². The average molecular weight is 372 g/mol. The molecule has 2 N–H and O–H groups in total. The molecule has 0 saturated carbocycles. The number of anilines is 2. The highest BCUT2D eigenvalue weighted by atomic mass is 16.6. The number of carbonyl (C=O) groups excluding carboxylic acids is 2. The third kappa shape index (κ3) is 4.45. The number of hydrogen-bond acceptors (Lipinski definition) is 9. The summed E-state index contributed by atoms with van der Waals surface area (Å²) in [4.78, 5) is 27.4. The van der Waals surface area contributed by atoms with Gasteiger partial charge in [-0.05, 0) is 22.4 Å². The van der Waals surface area contributed by atoms with Crippen LogP contribution < -0.4 is 15.4 Å². The number of aryl methyl sites for hydroxylation is 1. The molecule has 0 fully saturated rings. The van der Waals surface area contributed by atoms with Crippen LogP contribution in [0.5, 0.6) is 5.75 Å². The minimum Gasteiger partial charge on any atom is -0.496 e. The lowest BCUT2D eigenvalue weighted by molar-refractivity contribution is -0.116.